The van der Waals surface area contributed by atoms with Gasteiger partial charge in [0.15, 0.2) is 0 Å². The summed E-state index contributed by atoms with van der Waals surface area (Å²) in [5.74, 6) is 0. The summed E-state index contributed by atoms with van der Waals surface area (Å²) in [6.07, 6.45) is -0.425. The van der Waals surface area contributed by atoms with Gasteiger partial charge in [-0.15, -0.1) is 0 Å². The van der Waals surface area contributed by atoms with Crippen molar-refractivity contribution >= 4 is 10.3 Å². The van der Waals surface area contributed by atoms with Crippen LogP contribution in [0.5, 0.6) is 0 Å². The fourth-order valence-corrected chi connectivity index (χ4v) is 1.71. The Bertz CT molecular complexity index is 327. The van der Waals surface area contributed by atoms with E-state index in [9.17, 15) is 5.11 Å². The van der Waals surface area contributed by atoms with E-state index in [4.69, 9.17) is 28.3 Å². The van der Waals surface area contributed by atoms with E-state index in [-0.39, 0.29) is 19.8 Å². The molecular formula is C11H29N3O7S. The lowest BCUT2D eigenvalue weighted by Gasteiger charge is -2.27. The first-order valence-corrected chi connectivity index (χ1v) is 8.34. The zero-order valence-electron chi connectivity index (χ0n) is 12.9. The van der Waals surface area contributed by atoms with E-state index in [1.165, 1.54) is 0 Å². The van der Waals surface area contributed by atoms with Crippen molar-refractivity contribution in [3.05, 3.63) is 0 Å². The smallest absolute Gasteiger partial charge is 0.330 e. The lowest BCUT2D eigenvalue weighted by Crippen LogP contribution is -2.41. The van der Waals surface area contributed by atoms with E-state index >= 15 is 0 Å². The molecule has 0 aromatic rings. The summed E-state index contributed by atoms with van der Waals surface area (Å²) in [6, 6.07) is 0. The zero-order chi connectivity index (χ0) is 17.6. The van der Waals surface area contributed by atoms with Crippen molar-refractivity contribution in [1.82, 2.24) is 9.80 Å². The summed E-state index contributed by atoms with van der Waals surface area (Å²) < 4.78 is 25.2. The highest BCUT2D eigenvalue weighted by Gasteiger charge is 2.10. The molecule has 0 heterocycles. The Balaban J connectivity index is 0. The van der Waals surface area contributed by atoms with Gasteiger partial charge in [0.05, 0.1) is 25.9 Å². The molecule has 0 aromatic heterocycles. The minimum atomic E-state index is -4.17. The third-order valence-electron chi connectivity index (χ3n) is 2.50. The van der Waals surface area contributed by atoms with Crippen molar-refractivity contribution in [3.8, 4) is 0 Å². The Morgan fingerprint density at radius 3 is 1.55 bits per heavy atom. The van der Waals surface area contributed by atoms with Crippen molar-refractivity contribution in [2.24, 2.45) is 5.14 Å². The Labute approximate surface area is 131 Å². The van der Waals surface area contributed by atoms with Gasteiger partial charge >= 0.3 is 10.3 Å². The molecule has 136 valence electrons. The van der Waals surface area contributed by atoms with Crippen LogP contribution >= 0.6 is 0 Å². The lowest BCUT2D eigenvalue weighted by molar-refractivity contribution is 0.0935. The van der Waals surface area contributed by atoms with Gasteiger partial charge in [-0.1, -0.05) is 0 Å². The lowest BCUT2D eigenvalue weighted by atomic mass is 10.3. The Morgan fingerprint density at radius 1 is 0.909 bits per heavy atom. The maximum absolute atomic E-state index is 9.30. The summed E-state index contributed by atoms with van der Waals surface area (Å²) in [7, 11) is -4.17. The highest BCUT2D eigenvalue weighted by molar-refractivity contribution is 7.83. The average molecular weight is 347 g/mol. The molecule has 0 amide bonds. The Morgan fingerprint density at radius 2 is 1.23 bits per heavy atom. The van der Waals surface area contributed by atoms with Crippen LogP contribution in [0.1, 0.15) is 6.92 Å². The molecule has 0 rings (SSSR count). The van der Waals surface area contributed by atoms with E-state index in [1.807, 2.05) is 9.80 Å². The van der Waals surface area contributed by atoms with Gasteiger partial charge in [-0.2, -0.15) is 8.42 Å². The van der Waals surface area contributed by atoms with Crippen LogP contribution < -0.4 is 5.14 Å². The minimum absolute atomic E-state index is 0.0622. The Kier molecular flexibility index (Phi) is 15.5. The summed E-state index contributed by atoms with van der Waals surface area (Å²) >= 11 is 0. The van der Waals surface area contributed by atoms with Crippen LogP contribution in [0.4, 0.5) is 0 Å². The van der Waals surface area contributed by atoms with Crippen LogP contribution in [-0.4, -0.2) is 108 Å². The number of hydrogen-bond donors (Lipinski definition) is 6. The molecule has 0 radical (unpaired) electrons. The first-order valence-electron chi connectivity index (χ1n) is 6.84. The van der Waals surface area contributed by atoms with Gasteiger partial charge in [0.25, 0.3) is 0 Å². The van der Waals surface area contributed by atoms with Gasteiger partial charge in [0.1, 0.15) is 0 Å². The van der Waals surface area contributed by atoms with Gasteiger partial charge in [0, 0.05) is 39.3 Å². The van der Waals surface area contributed by atoms with Gasteiger partial charge in [-0.05, 0) is 6.92 Å². The largest absolute Gasteiger partial charge is 0.395 e. The van der Waals surface area contributed by atoms with Gasteiger partial charge in [-0.25, -0.2) is 5.14 Å². The SMILES string of the molecule is CC(O)CN(CCO)CCN(CCO)CCO.NS(=O)(=O)O. The molecule has 0 aliphatic carbocycles. The highest BCUT2D eigenvalue weighted by Crippen LogP contribution is 1.95. The number of rotatable bonds is 11. The van der Waals surface area contributed by atoms with Crippen LogP contribution in [0, 0.1) is 0 Å². The monoisotopic (exact) mass is 347 g/mol. The molecule has 0 bridgehead atoms. The summed E-state index contributed by atoms with van der Waals surface area (Å²) in [5, 5.41) is 39.8. The zero-order valence-corrected chi connectivity index (χ0v) is 13.7. The predicted molar refractivity (Wildman–Crippen MR) is 81.6 cm³/mol. The molecule has 7 N–H and O–H groups in total. The molecule has 1 unspecified atom stereocenters. The van der Waals surface area contributed by atoms with E-state index in [2.05, 4.69) is 5.14 Å². The molecule has 1 atom stereocenters. The van der Waals surface area contributed by atoms with Gasteiger partial charge in [0.2, 0.25) is 0 Å². The molecule has 0 fully saturated rings. The van der Waals surface area contributed by atoms with Crippen molar-refractivity contribution in [1.29, 1.82) is 0 Å². The maximum Gasteiger partial charge on any atom is 0.330 e. The predicted octanol–water partition coefficient (Wildman–Crippen LogP) is -3.30. The molecule has 0 saturated carbocycles. The molecular weight excluding hydrogens is 318 g/mol. The van der Waals surface area contributed by atoms with E-state index in [1.54, 1.807) is 6.92 Å². The van der Waals surface area contributed by atoms with E-state index in [0.29, 0.717) is 39.3 Å². The molecule has 0 saturated heterocycles. The molecule has 0 aliphatic rings. The van der Waals surface area contributed by atoms with Crippen molar-refractivity contribution in [3.63, 3.8) is 0 Å². The first kappa shape index (κ1) is 23.9. The third kappa shape index (κ3) is 21.9. The van der Waals surface area contributed by atoms with Crippen molar-refractivity contribution in [2.75, 3.05) is 59.1 Å². The maximum atomic E-state index is 9.30. The van der Waals surface area contributed by atoms with Crippen LogP contribution in [0.25, 0.3) is 0 Å². The number of nitrogens with zero attached hydrogens (tertiary/aromatic N) is 2. The van der Waals surface area contributed by atoms with Crippen LogP contribution in [0.2, 0.25) is 0 Å². The second-order valence-electron chi connectivity index (χ2n) is 4.68. The molecule has 0 aromatic carbocycles. The third-order valence-corrected chi connectivity index (χ3v) is 2.50. The van der Waals surface area contributed by atoms with Crippen LogP contribution in [-0.2, 0) is 10.3 Å². The molecule has 0 spiro atoms. The van der Waals surface area contributed by atoms with E-state index < -0.39 is 16.4 Å². The Hall–Kier alpha value is -0.370. The molecule has 11 heteroatoms. The van der Waals surface area contributed by atoms with Crippen LogP contribution in [0.15, 0.2) is 0 Å². The second-order valence-corrected chi connectivity index (χ2v) is 5.71. The number of aliphatic hydroxyl groups is 4. The minimum Gasteiger partial charge on any atom is -0.395 e. The summed E-state index contributed by atoms with van der Waals surface area (Å²) in [5.41, 5.74) is 0. The molecule has 22 heavy (non-hydrogen) atoms. The van der Waals surface area contributed by atoms with E-state index in [0.717, 1.165) is 0 Å². The number of aliphatic hydroxyl groups excluding tert-OH is 4. The fourth-order valence-electron chi connectivity index (χ4n) is 1.71. The average Bonchev–Trinajstić information content (AvgIpc) is 2.34. The summed E-state index contributed by atoms with van der Waals surface area (Å²) in [4.78, 5) is 3.92. The molecule has 10 nitrogen and oxygen atoms in total. The molecule has 0 aliphatic heterocycles. The standard InChI is InChI=1S/C11H26N2O4.H3NO3S/c1-11(17)10-13(6-9-16)3-2-12(4-7-14)5-8-15;1-5(2,3)4/h11,14-17H,2-10H2,1H3;(H3,1,2,3,4). The quantitative estimate of drug-likeness (QED) is 0.210. The summed E-state index contributed by atoms with van der Waals surface area (Å²) in [6.45, 7) is 5.41. The van der Waals surface area contributed by atoms with Crippen molar-refractivity contribution in [2.45, 2.75) is 13.0 Å². The number of nitrogens with two attached hydrogens (primary N) is 1. The topological polar surface area (TPSA) is 168 Å². The highest BCUT2D eigenvalue weighted by atomic mass is 32.2. The van der Waals surface area contributed by atoms with Crippen LogP contribution in [0.3, 0.4) is 0 Å². The fraction of sp³-hybridized carbons (Fsp3) is 1.00. The number of hydrogen-bond acceptors (Lipinski definition) is 8. The van der Waals surface area contributed by atoms with Gasteiger partial charge in [-0.3, -0.25) is 14.4 Å². The second kappa shape index (κ2) is 14.2. The van der Waals surface area contributed by atoms with Gasteiger partial charge < -0.3 is 20.4 Å². The van der Waals surface area contributed by atoms with Crippen molar-refractivity contribution < 1.29 is 33.4 Å². The first-order chi connectivity index (χ1) is 10.1. The normalized spacial score (nSPS) is 13.1.